The van der Waals surface area contributed by atoms with E-state index in [4.69, 9.17) is 4.74 Å². The van der Waals surface area contributed by atoms with Gasteiger partial charge in [0, 0.05) is 17.7 Å². The predicted octanol–water partition coefficient (Wildman–Crippen LogP) is 3.24. The molecule has 4 heteroatoms. The molecule has 1 heterocycles. The summed E-state index contributed by atoms with van der Waals surface area (Å²) in [7, 11) is 0. The van der Waals surface area contributed by atoms with Gasteiger partial charge in [-0.1, -0.05) is 30.3 Å². The predicted molar refractivity (Wildman–Crippen MR) is 82.6 cm³/mol. The molecule has 3 nitrogen and oxygen atoms in total. The van der Waals surface area contributed by atoms with Gasteiger partial charge in [0.2, 0.25) is 0 Å². The second-order valence-corrected chi connectivity index (χ2v) is 5.35. The van der Waals surface area contributed by atoms with E-state index in [0.717, 1.165) is 30.6 Å². The molecule has 1 saturated heterocycles. The Kier molecular flexibility index (Phi) is 4.47. The fourth-order valence-electron chi connectivity index (χ4n) is 2.75. The summed E-state index contributed by atoms with van der Waals surface area (Å²) in [5, 5.41) is 12.6. The molecule has 1 aliphatic heterocycles. The van der Waals surface area contributed by atoms with Gasteiger partial charge in [-0.25, -0.2) is 4.39 Å². The molecule has 112 valence electrons. The van der Waals surface area contributed by atoms with E-state index in [-0.39, 0.29) is 11.9 Å². The first kappa shape index (κ1) is 14.7. The van der Waals surface area contributed by atoms with Gasteiger partial charge in [-0.15, -0.1) is 0 Å². The van der Waals surface area contributed by atoms with Crippen LogP contribution in [0.15, 0.2) is 42.5 Å². The molecule has 1 atom stereocenters. The molecule has 1 N–H and O–H groups in total. The fraction of sp³-hybridized carbons (Fsp3) is 0.278. The van der Waals surface area contributed by atoms with Crippen LogP contribution in [0.1, 0.15) is 17.5 Å². The van der Waals surface area contributed by atoms with Crippen LogP contribution in [0.25, 0.3) is 11.1 Å². The molecule has 2 aromatic rings. The van der Waals surface area contributed by atoms with Crippen molar-refractivity contribution in [2.75, 3.05) is 13.1 Å². The number of benzene rings is 2. The minimum absolute atomic E-state index is 0.153. The van der Waals surface area contributed by atoms with Gasteiger partial charge in [0.05, 0.1) is 24.3 Å². The first-order valence-electron chi connectivity index (χ1n) is 7.39. The van der Waals surface area contributed by atoms with Crippen molar-refractivity contribution >= 4 is 0 Å². The van der Waals surface area contributed by atoms with Crippen molar-refractivity contribution in [2.45, 2.75) is 19.1 Å². The molecule has 0 spiro atoms. The maximum Gasteiger partial charge on any atom is 0.131 e. The molecule has 3 rings (SSSR count). The smallest absolute Gasteiger partial charge is 0.131 e. The number of ether oxygens (including phenoxy) is 1. The number of hydrogen-bond acceptors (Lipinski definition) is 3. The van der Waals surface area contributed by atoms with Crippen LogP contribution in [0.2, 0.25) is 0 Å². The second-order valence-electron chi connectivity index (χ2n) is 5.35. The van der Waals surface area contributed by atoms with Crippen molar-refractivity contribution in [3.8, 4) is 17.2 Å². The van der Waals surface area contributed by atoms with Crippen LogP contribution in [0.4, 0.5) is 4.39 Å². The molecule has 1 aliphatic rings. The first-order chi connectivity index (χ1) is 10.8. The van der Waals surface area contributed by atoms with E-state index in [1.54, 1.807) is 30.3 Å². The standard InChI is InChI=1S/C18H17FN2O/c19-18-7-2-1-5-16(18)15-6-3-4-13(10-20)17(15)12-22-14-8-9-21-11-14/h1-7,14,21H,8-9,11-12H2. The SMILES string of the molecule is N#Cc1cccc(-c2ccccc2F)c1COC1CCNC1. The van der Waals surface area contributed by atoms with E-state index in [2.05, 4.69) is 11.4 Å². The lowest BCUT2D eigenvalue weighted by molar-refractivity contribution is 0.0543. The van der Waals surface area contributed by atoms with Crippen molar-refractivity contribution in [2.24, 2.45) is 0 Å². The van der Waals surface area contributed by atoms with Crippen LogP contribution in [-0.2, 0) is 11.3 Å². The Hall–Kier alpha value is -2.22. The highest BCUT2D eigenvalue weighted by atomic mass is 19.1. The van der Waals surface area contributed by atoms with Gasteiger partial charge in [0.15, 0.2) is 0 Å². The third-order valence-electron chi connectivity index (χ3n) is 3.94. The minimum atomic E-state index is -0.290. The number of rotatable bonds is 4. The summed E-state index contributed by atoms with van der Waals surface area (Å²) in [5.41, 5.74) is 2.51. The van der Waals surface area contributed by atoms with Crippen LogP contribution < -0.4 is 5.32 Å². The van der Waals surface area contributed by atoms with Crippen molar-refractivity contribution in [3.63, 3.8) is 0 Å². The topological polar surface area (TPSA) is 45.0 Å². The Morgan fingerprint density at radius 3 is 2.73 bits per heavy atom. The normalized spacial score (nSPS) is 17.4. The van der Waals surface area contributed by atoms with Gasteiger partial charge in [-0.3, -0.25) is 0 Å². The van der Waals surface area contributed by atoms with Gasteiger partial charge < -0.3 is 10.1 Å². The van der Waals surface area contributed by atoms with E-state index >= 15 is 0 Å². The molecule has 1 unspecified atom stereocenters. The van der Waals surface area contributed by atoms with Crippen molar-refractivity contribution in [3.05, 3.63) is 59.4 Å². The van der Waals surface area contributed by atoms with Crippen molar-refractivity contribution < 1.29 is 9.13 Å². The third-order valence-corrected chi connectivity index (χ3v) is 3.94. The highest BCUT2D eigenvalue weighted by Gasteiger charge is 2.18. The molecular formula is C18H17FN2O. The molecule has 0 amide bonds. The Morgan fingerprint density at radius 1 is 1.18 bits per heavy atom. The van der Waals surface area contributed by atoms with Gasteiger partial charge >= 0.3 is 0 Å². The van der Waals surface area contributed by atoms with Gasteiger partial charge in [-0.2, -0.15) is 5.26 Å². The quantitative estimate of drug-likeness (QED) is 0.942. The fourth-order valence-corrected chi connectivity index (χ4v) is 2.75. The van der Waals surface area contributed by atoms with E-state index < -0.39 is 0 Å². The summed E-state index contributed by atoms with van der Waals surface area (Å²) < 4.78 is 20.0. The summed E-state index contributed by atoms with van der Waals surface area (Å²) in [6.07, 6.45) is 1.12. The Morgan fingerprint density at radius 2 is 2.00 bits per heavy atom. The largest absolute Gasteiger partial charge is 0.372 e. The zero-order chi connectivity index (χ0) is 15.4. The maximum atomic E-state index is 14.1. The van der Waals surface area contributed by atoms with Crippen LogP contribution in [0.3, 0.4) is 0 Å². The number of nitriles is 1. The highest BCUT2D eigenvalue weighted by molar-refractivity contribution is 5.70. The minimum Gasteiger partial charge on any atom is -0.372 e. The number of nitrogens with zero attached hydrogens (tertiary/aromatic N) is 1. The average Bonchev–Trinajstić information content (AvgIpc) is 3.06. The maximum absolute atomic E-state index is 14.1. The summed E-state index contributed by atoms with van der Waals surface area (Å²) in [5.74, 6) is -0.290. The number of hydrogen-bond donors (Lipinski definition) is 1. The molecule has 1 fully saturated rings. The first-order valence-corrected chi connectivity index (χ1v) is 7.39. The van der Waals surface area contributed by atoms with Crippen molar-refractivity contribution in [1.82, 2.24) is 5.32 Å². The van der Waals surface area contributed by atoms with E-state index in [0.29, 0.717) is 17.7 Å². The lowest BCUT2D eigenvalue weighted by Gasteiger charge is -2.15. The van der Waals surface area contributed by atoms with Gasteiger partial charge in [-0.05, 0) is 30.7 Å². The summed E-state index contributed by atoms with van der Waals surface area (Å²) in [6, 6.07) is 14.2. The second kappa shape index (κ2) is 6.69. The number of halogens is 1. The monoisotopic (exact) mass is 296 g/mol. The molecule has 0 bridgehead atoms. The zero-order valence-corrected chi connectivity index (χ0v) is 12.2. The zero-order valence-electron chi connectivity index (χ0n) is 12.2. The number of nitrogens with one attached hydrogen (secondary N) is 1. The van der Waals surface area contributed by atoms with E-state index in [1.807, 2.05) is 6.07 Å². The van der Waals surface area contributed by atoms with Crippen LogP contribution in [0, 0.1) is 17.1 Å². The summed E-state index contributed by atoms with van der Waals surface area (Å²) in [4.78, 5) is 0. The molecule has 0 saturated carbocycles. The Balaban J connectivity index is 1.95. The lowest BCUT2D eigenvalue weighted by Crippen LogP contribution is -2.17. The van der Waals surface area contributed by atoms with E-state index in [9.17, 15) is 9.65 Å². The van der Waals surface area contributed by atoms with Crippen molar-refractivity contribution in [1.29, 1.82) is 5.26 Å². The Bertz CT molecular complexity index is 702. The molecule has 22 heavy (non-hydrogen) atoms. The molecule has 0 radical (unpaired) electrons. The lowest BCUT2D eigenvalue weighted by atomic mass is 9.96. The van der Waals surface area contributed by atoms with Gasteiger partial charge in [0.25, 0.3) is 0 Å². The molecule has 2 aromatic carbocycles. The van der Waals surface area contributed by atoms with Crippen LogP contribution in [0.5, 0.6) is 0 Å². The third kappa shape index (κ3) is 3.01. The van der Waals surface area contributed by atoms with Crippen LogP contribution in [-0.4, -0.2) is 19.2 Å². The highest BCUT2D eigenvalue weighted by Crippen LogP contribution is 2.29. The summed E-state index contributed by atoms with van der Waals surface area (Å²) in [6.45, 7) is 2.09. The van der Waals surface area contributed by atoms with E-state index in [1.165, 1.54) is 6.07 Å². The molecule has 0 aromatic heterocycles. The van der Waals surface area contributed by atoms with Gasteiger partial charge in [0.1, 0.15) is 5.82 Å². The molecule has 0 aliphatic carbocycles. The van der Waals surface area contributed by atoms with Crippen LogP contribution >= 0.6 is 0 Å². The molecular weight excluding hydrogens is 279 g/mol. The average molecular weight is 296 g/mol. The summed E-state index contributed by atoms with van der Waals surface area (Å²) >= 11 is 0. The Labute approximate surface area is 129 Å².